The molecule has 0 saturated heterocycles. The van der Waals surface area contributed by atoms with Crippen molar-refractivity contribution in [1.82, 2.24) is 4.31 Å². The molecular formula is C13H15Br2NO4S. The summed E-state index contributed by atoms with van der Waals surface area (Å²) in [6.07, 6.45) is 1.54. The van der Waals surface area contributed by atoms with E-state index in [9.17, 15) is 13.2 Å². The van der Waals surface area contributed by atoms with E-state index < -0.39 is 16.0 Å². The molecule has 0 aromatic heterocycles. The van der Waals surface area contributed by atoms with E-state index in [2.05, 4.69) is 31.9 Å². The number of benzene rings is 1. The zero-order valence-electron chi connectivity index (χ0n) is 11.4. The molecule has 0 heterocycles. The summed E-state index contributed by atoms with van der Waals surface area (Å²) >= 11 is 6.53. The Morgan fingerprint density at radius 1 is 1.38 bits per heavy atom. The molecule has 0 aliphatic heterocycles. The molecule has 116 valence electrons. The van der Waals surface area contributed by atoms with Gasteiger partial charge in [-0.1, -0.05) is 15.9 Å². The Morgan fingerprint density at radius 3 is 2.62 bits per heavy atom. The van der Waals surface area contributed by atoms with Gasteiger partial charge >= 0.3 is 5.97 Å². The van der Waals surface area contributed by atoms with Crippen molar-refractivity contribution in [3.63, 3.8) is 0 Å². The topological polar surface area (TPSA) is 63.7 Å². The summed E-state index contributed by atoms with van der Waals surface area (Å²) in [5, 5.41) is 0. The maximum absolute atomic E-state index is 12.8. The fraction of sp³-hybridized carbons (Fsp3) is 0.462. The molecule has 1 aromatic carbocycles. The van der Waals surface area contributed by atoms with Crippen LogP contribution >= 0.6 is 31.9 Å². The van der Waals surface area contributed by atoms with Gasteiger partial charge in [0, 0.05) is 15.0 Å². The van der Waals surface area contributed by atoms with Gasteiger partial charge in [0.15, 0.2) is 0 Å². The van der Waals surface area contributed by atoms with Gasteiger partial charge in [-0.15, -0.1) is 0 Å². The first kappa shape index (κ1) is 16.9. The highest BCUT2D eigenvalue weighted by Crippen LogP contribution is 2.35. The molecule has 0 N–H and O–H groups in total. The summed E-state index contributed by atoms with van der Waals surface area (Å²) in [6, 6.07) is 4.81. The van der Waals surface area contributed by atoms with Crippen LogP contribution in [-0.4, -0.2) is 37.9 Å². The first-order valence-electron chi connectivity index (χ1n) is 6.48. The van der Waals surface area contributed by atoms with E-state index in [1.165, 1.54) is 10.4 Å². The molecule has 0 bridgehead atoms. The van der Waals surface area contributed by atoms with Crippen LogP contribution in [0.3, 0.4) is 0 Å². The summed E-state index contributed by atoms with van der Waals surface area (Å²) in [6.45, 7) is 1.68. The highest BCUT2D eigenvalue weighted by molar-refractivity contribution is 9.11. The van der Waals surface area contributed by atoms with E-state index in [4.69, 9.17) is 4.74 Å². The number of carbonyl (C=O) groups is 1. The van der Waals surface area contributed by atoms with Gasteiger partial charge in [-0.25, -0.2) is 8.42 Å². The first-order chi connectivity index (χ1) is 9.86. The highest BCUT2D eigenvalue weighted by Gasteiger charge is 2.40. The van der Waals surface area contributed by atoms with Gasteiger partial charge in [0.1, 0.15) is 6.54 Å². The highest BCUT2D eigenvalue weighted by atomic mass is 79.9. The monoisotopic (exact) mass is 439 g/mol. The molecule has 2 rings (SSSR count). The number of nitrogens with zero attached hydrogens (tertiary/aromatic N) is 1. The summed E-state index contributed by atoms with van der Waals surface area (Å²) in [7, 11) is -3.75. The van der Waals surface area contributed by atoms with Crippen molar-refractivity contribution in [2.75, 3.05) is 13.2 Å². The lowest BCUT2D eigenvalue weighted by Crippen LogP contribution is -2.38. The van der Waals surface area contributed by atoms with Crippen molar-refractivity contribution in [1.29, 1.82) is 0 Å². The second-order valence-corrected chi connectivity index (χ2v) is 8.29. The van der Waals surface area contributed by atoms with Gasteiger partial charge in [-0.05, 0) is 53.9 Å². The zero-order valence-corrected chi connectivity index (χ0v) is 15.4. The van der Waals surface area contributed by atoms with Gasteiger partial charge in [0.2, 0.25) is 10.0 Å². The van der Waals surface area contributed by atoms with Crippen LogP contribution in [0.1, 0.15) is 19.8 Å². The number of hydrogen-bond donors (Lipinski definition) is 0. The Bertz CT molecular complexity index is 644. The molecule has 8 heteroatoms. The maximum Gasteiger partial charge on any atom is 0.321 e. The lowest BCUT2D eigenvalue weighted by molar-refractivity contribution is -0.143. The Kier molecular flexibility index (Phi) is 5.45. The number of esters is 1. The molecule has 1 saturated carbocycles. The molecule has 1 fully saturated rings. The third kappa shape index (κ3) is 4.06. The lowest BCUT2D eigenvalue weighted by atomic mass is 10.4. The third-order valence-corrected chi connectivity index (χ3v) is 6.41. The van der Waals surface area contributed by atoms with Crippen molar-refractivity contribution in [3.05, 3.63) is 27.1 Å². The predicted octanol–water partition coefficient (Wildman–Crippen LogP) is 2.93. The van der Waals surface area contributed by atoms with E-state index in [1.54, 1.807) is 19.1 Å². The van der Waals surface area contributed by atoms with Crippen LogP contribution in [0.4, 0.5) is 0 Å². The van der Waals surface area contributed by atoms with Crippen molar-refractivity contribution in [2.24, 2.45) is 0 Å². The average Bonchev–Trinajstić information content (AvgIpc) is 3.23. The Labute approximate surface area is 141 Å². The molecule has 0 amide bonds. The Morgan fingerprint density at radius 2 is 2.05 bits per heavy atom. The minimum Gasteiger partial charge on any atom is -0.465 e. The Hall–Kier alpha value is -0.440. The number of hydrogen-bond acceptors (Lipinski definition) is 4. The molecule has 0 unspecified atom stereocenters. The number of halogens is 2. The van der Waals surface area contributed by atoms with E-state index >= 15 is 0 Å². The smallest absolute Gasteiger partial charge is 0.321 e. The van der Waals surface area contributed by atoms with Crippen LogP contribution in [0.15, 0.2) is 32.0 Å². The molecule has 0 spiro atoms. The van der Waals surface area contributed by atoms with Gasteiger partial charge in [-0.3, -0.25) is 4.79 Å². The minimum atomic E-state index is -3.75. The second-order valence-electron chi connectivity index (χ2n) is 4.66. The van der Waals surface area contributed by atoms with Crippen molar-refractivity contribution >= 4 is 47.9 Å². The van der Waals surface area contributed by atoms with Crippen molar-refractivity contribution in [2.45, 2.75) is 30.7 Å². The average molecular weight is 441 g/mol. The molecule has 0 radical (unpaired) electrons. The molecule has 1 aliphatic carbocycles. The molecule has 1 aliphatic rings. The van der Waals surface area contributed by atoms with E-state index in [1.807, 2.05) is 0 Å². The van der Waals surface area contributed by atoms with Gasteiger partial charge in [0.05, 0.1) is 11.5 Å². The second kappa shape index (κ2) is 6.76. The molecule has 1 aromatic rings. The minimum absolute atomic E-state index is 0.120. The fourth-order valence-corrected chi connectivity index (χ4v) is 5.00. The number of ether oxygens (including phenoxy) is 1. The van der Waals surface area contributed by atoms with Crippen LogP contribution < -0.4 is 0 Å². The summed E-state index contributed by atoms with van der Waals surface area (Å²) < 4.78 is 32.8. The molecular weight excluding hydrogens is 426 g/mol. The normalized spacial score (nSPS) is 15.2. The largest absolute Gasteiger partial charge is 0.465 e. The van der Waals surface area contributed by atoms with Crippen LogP contribution in [0, 0.1) is 0 Å². The maximum atomic E-state index is 12.8. The predicted molar refractivity (Wildman–Crippen MR) is 85.4 cm³/mol. The number of sulfonamides is 1. The van der Waals surface area contributed by atoms with Gasteiger partial charge < -0.3 is 4.74 Å². The first-order valence-corrected chi connectivity index (χ1v) is 9.51. The van der Waals surface area contributed by atoms with Gasteiger partial charge in [0.25, 0.3) is 0 Å². The summed E-state index contributed by atoms with van der Waals surface area (Å²) in [5.41, 5.74) is 0. The van der Waals surface area contributed by atoms with E-state index in [0.29, 0.717) is 8.95 Å². The number of rotatable bonds is 6. The van der Waals surface area contributed by atoms with Crippen LogP contribution in [0.5, 0.6) is 0 Å². The van der Waals surface area contributed by atoms with Crippen LogP contribution in [0.2, 0.25) is 0 Å². The Balaban J connectivity index is 2.34. The molecule has 0 atom stereocenters. The molecule has 21 heavy (non-hydrogen) atoms. The lowest BCUT2D eigenvalue weighted by Gasteiger charge is -2.21. The standard InChI is InChI=1S/C13H15Br2NO4S/c1-2-20-13(17)8-16(10-4-5-10)21(18,19)12-7-9(14)3-6-11(12)15/h3,6-7,10H,2,4-5,8H2,1H3. The summed E-state index contributed by atoms with van der Waals surface area (Å²) in [5.74, 6) is -0.529. The molecule has 5 nitrogen and oxygen atoms in total. The van der Waals surface area contributed by atoms with Gasteiger partial charge in [-0.2, -0.15) is 4.31 Å². The van der Waals surface area contributed by atoms with Crippen LogP contribution in [0.25, 0.3) is 0 Å². The van der Waals surface area contributed by atoms with Crippen molar-refractivity contribution in [3.8, 4) is 0 Å². The summed E-state index contributed by atoms with van der Waals surface area (Å²) in [4.78, 5) is 11.8. The fourth-order valence-electron chi connectivity index (χ4n) is 1.91. The third-order valence-electron chi connectivity index (χ3n) is 3.02. The SMILES string of the molecule is CCOC(=O)CN(C1CC1)S(=O)(=O)c1cc(Br)ccc1Br. The zero-order chi connectivity index (χ0) is 15.6. The van der Waals surface area contributed by atoms with Crippen LogP contribution in [-0.2, 0) is 19.6 Å². The number of carbonyl (C=O) groups excluding carboxylic acids is 1. The quantitative estimate of drug-likeness (QED) is 0.638. The van der Waals surface area contributed by atoms with E-state index in [-0.39, 0.29) is 24.1 Å². The van der Waals surface area contributed by atoms with E-state index in [0.717, 1.165) is 12.8 Å². The van der Waals surface area contributed by atoms with Crippen molar-refractivity contribution < 1.29 is 17.9 Å².